The highest BCUT2D eigenvalue weighted by molar-refractivity contribution is 9.10. The van der Waals surface area contributed by atoms with Crippen LogP contribution >= 0.6 is 31.9 Å². The molecule has 0 atom stereocenters. The second-order valence-electron chi connectivity index (χ2n) is 6.89. The maximum atomic E-state index is 9.36. The first-order chi connectivity index (χ1) is 14.6. The van der Waals surface area contributed by atoms with Crippen molar-refractivity contribution in [3.63, 3.8) is 0 Å². The Labute approximate surface area is 189 Å². The van der Waals surface area contributed by atoms with E-state index in [1.165, 1.54) is 10.8 Å². The molecule has 5 rings (SSSR count). The molecule has 0 amide bonds. The van der Waals surface area contributed by atoms with Crippen molar-refractivity contribution in [2.75, 3.05) is 0 Å². The number of phenolic OH excluding ortho intramolecular Hbond substituents is 1. The van der Waals surface area contributed by atoms with Gasteiger partial charge in [0, 0.05) is 25.4 Å². The summed E-state index contributed by atoms with van der Waals surface area (Å²) in [5.74, 6) is 0.212. The van der Waals surface area contributed by atoms with Crippen molar-refractivity contribution in [1.82, 2.24) is 4.57 Å². The van der Waals surface area contributed by atoms with Gasteiger partial charge in [0.15, 0.2) is 0 Å². The second-order valence-corrected chi connectivity index (χ2v) is 8.72. The van der Waals surface area contributed by atoms with E-state index in [-0.39, 0.29) is 5.75 Å². The number of halogens is 2. The van der Waals surface area contributed by atoms with Crippen LogP contribution in [0, 0.1) is 0 Å². The predicted octanol–water partition coefficient (Wildman–Crippen LogP) is 8.43. The summed E-state index contributed by atoms with van der Waals surface area (Å²) in [6.07, 6.45) is 0. The number of fused-ring (bicyclic) bond motifs is 3. The van der Waals surface area contributed by atoms with Crippen LogP contribution in [0.4, 0.5) is 11.4 Å². The van der Waals surface area contributed by atoms with Gasteiger partial charge >= 0.3 is 0 Å². The van der Waals surface area contributed by atoms with Gasteiger partial charge in [-0.1, -0.05) is 31.9 Å². The zero-order valence-corrected chi connectivity index (χ0v) is 18.8. The van der Waals surface area contributed by atoms with Crippen LogP contribution < -0.4 is 0 Å². The smallest absolute Gasteiger partial charge is 0.115 e. The van der Waals surface area contributed by atoms with E-state index in [9.17, 15) is 5.11 Å². The summed E-state index contributed by atoms with van der Waals surface area (Å²) in [6, 6.07) is 27.3. The van der Waals surface area contributed by atoms with Crippen LogP contribution in [0.2, 0.25) is 0 Å². The van der Waals surface area contributed by atoms with Gasteiger partial charge in [0.25, 0.3) is 0 Å². The van der Waals surface area contributed by atoms with E-state index in [1.54, 1.807) is 24.3 Å². The van der Waals surface area contributed by atoms with Crippen LogP contribution in [0.3, 0.4) is 0 Å². The van der Waals surface area contributed by atoms with Gasteiger partial charge in [-0.2, -0.15) is 10.2 Å². The fourth-order valence-corrected chi connectivity index (χ4v) is 4.27. The van der Waals surface area contributed by atoms with Gasteiger partial charge in [0.2, 0.25) is 0 Å². The average molecular weight is 521 g/mol. The van der Waals surface area contributed by atoms with Gasteiger partial charge in [0.1, 0.15) is 5.75 Å². The summed E-state index contributed by atoms with van der Waals surface area (Å²) in [5.41, 5.74) is 4.80. The Balaban J connectivity index is 1.57. The molecule has 0 aliphatic rings. The molecule has 0 saturated carbocycles. The Morgan fingerprint density at radius 3 is 1.57 bits per heavy atom. The largest absolute Gasteiger partial charge is 0.508 e. The van der Waals surface area contributed by atoms with E-state index in [4.69, 9.17) is 0 Å². The Morgan fingerprint density at radius 1 is 0.600 bits per heavy atom. The Bertz CT molecular complexity index is 1350. The molecule has 146 valence electrons. The average Bonchev–Trinajstić information content (AvgIpc) is 3.06. The van der Waals surface area contributed by atoms with Crippen molar-refractivity contribution >= 4 is 65.0 Å². The van der Waals surface area contributed by atoms with Crippen molar-refractivity contribution in [3.05, 3.63) is 93.9 Å². The number of benzene rings is 4. The minimum Gasteiger partial charge on any atom is -0.508 e. The lowest BCUT2D eigenvalue weighted by Gasteiger charge is -2.08. The predicted molar refractivity (Wildman–Crippen MR) is 128 cm³/mol. The van der Waals surface area contributed by atoms with Crippen LogP contribution in [0.5, 0.6) is 5.75 Å². The van der Waals surface area contributed by atoms with Gasteiger partial charge in [-0.25, -0.2) is 0 Å². The lowest BCUT2D eigenvalue weighted by Crippen LogP contribution is -1.92. The van der Waals surface area contributed by atoms with Gasteiger partial charge in [-0.3, -0.25) is 0 Å². The number of aromatic nitrogens is 1. The molecule has 30 heavy (non-hydrogen) atoms. The Morgan fingerprint density at radius 2 is 1.07 bits per heavy atom. The Kier molecular flexibility index (Phi) is 4.89. The molecule has 0 aliphatic heterocycles. The third-order valence-corrected chi connectivity index (χ3v) is 5.91. The summed E-state index contributed by atoms with van der Waals surface area (Å²) in [6.45, 7) is 0. The summed E-state index contributed by atoms with van der Waals surface area (Å²) in [4.78, 5) is 0. The molecule has 0 bridgehead atoms. The van der Waals surface area contributed by atoms with Gasteiger partial charge in [-0.15, -0.1) is 0 Å². The van der Waals surface area contributed by atoms with Crippen molar-refractivity contribution in [1.29, 1.82) is 0 Å². The molecule has 5 aromatic rings. The van der Waals surface area contributed by atoms with E-state index in [0.29, 0.717) is 5.69 Å². The Hall–Kier alpha value is -2.96. The van der Waals surface area contributed by atoms with Crippen molar-refractivity contribution in [2.45, 2.75) is 0 Å². The fourth-order valence-electron chi connectivity index (χ4n) is 3.55. The van der Waals surface area contributed by atoms with Crippen LogP contribution in [-0.4, -0.2) is 9.67 Å². The topological polar surface area (TPSA) is 49.9 Å². The van der Waals surface area contributed by atoms with Gasteiger partial charge in [0.05, 0.1) is 22.4 Å². The van der Waals surface area contributed by atoms with Crippen LogP contribution in [0.15, 0.2) is 104 Å². The van der Waals surface area contributed by atoms with Crippen LogP contribution in [-0.2, 0) is 0 Å². The number of phenols is 1. The van der Waals surface area contributed by atoms with Crippen LogP contribution in [0.25, 0.3) is 27.5 Å². The van der Waals surface area contributed by atoms with Crippen molar-refractivity contribution in [2.24, 2.45) is 10.2 Å². The van der Waals surface area contributed by atoms with E-state index < -0.39 is 0 Å². The molecule has 1 aromatic heterocycles. The second kappa shape index (κ2) is 7.70. The van der Waals surface area contributed by atoms with Gasteiger partial charge < -0.3 is 9.67 Å². The highest BCUT2D eigenvalue weighted by Crippen LogP contribution is 2.35. The molecular weight excluding hydrogens is 506 g/mol. The minimum absolute atomic E-state index is 0.212. The first kappa shape index (κ1) is 19.0. The molecule has 0 radical (unpaired) electrons. The van der Waals surface area contributed by atoms with E-state index in [0.717, 1.165) is 31.4 Å². The highest BCUT2D eigenvalue weighted by atomic mass is 79.9. The molecule has 1 N–H and O–H groups in total. The maximum absolute atomic E-state index is 9.36. The SMILES string of the molecule is Oc1ccc(N=Nc2ccc(-n3c4ccc(Br)cc4c4cc(Br)ccc43)cc2)cc1. The first-order valence-corrected chi connectivity index (χ1v) is 10.9. The zero-order valence-electron chi connectivity index (χ0n) is 15.6. The first-order valence-electron chi connectivity index (χ1n) is 9.29. The fraction of sp³-hybridized carbons (Fsp3) is 0. The number of rotatable bonds is 3. The summed E-state index contributed by atoms with van der Waals surface area (Å²) < 4.78 is 4.36. The van der Waals surface area contributed by atoms with Crippen molar-refractivity contribution in [3.8, 4) is 11.4 Å². The van der Waals surface area contributed by atoms with Crippen LogP contribution in [0.1, 0.15) is 0 Å². The lowest BCUT2D eigenvalue weighted by atomic mass is 10.2. The molecule has 0 saturated heterocycles. The summed E-state index contributed by atoms with van der Waals surface area (Å²) in [7, 11) is 0. The summed E-state index contributed by atoms with van der Waals surface area (Å²) in [5, 5.41) is 20.3. The summed E-state index contributed by atoms with van der Waals surface area (Å²) >= 11 is 7.19. The van der Waals surface area contributed by atoms with E-state index >= 15 is 0 Å². The molecule has 0 spiro atoms. The third kappa shape index (κ3) is 3.53. The molecule has 0 aliphatic carbocycles. The van der Waals surface area contributed by atoms with Crippen molar-refractivity contribution < 1.29 is 5.11 Å². The lowest BCUT2D eigenvalue weighted by molar-refractivity contribution is 0.475. The standard InChI is InChI=1S/C24H15Br2N3O/c25-15-1-11-23-21(13-15)22-14-16(26)2-12-24(22)29(23)19-7-3-17(4-8-19)27-28-18-5-9-20(30)10-6-18/h1-14,30H. The number of hydrogen-bond donors (Lipinski definition) is 1. The zero-order chi connectivity index (χ0) is 20.7. The van der Waals surface area contributed by atoms with Gasteiger partial charge in [-0.05, 0) is 84.9 Å². The molecule has 6 heteroatoms. The molecule has 4 aromatic carbocycles. The number of azo groups is 1. The molecule has 4 nitrogen and oxygen atoms in total. The quantitative estimate of drug-likeness (QED) is 0.238. The number of aromatic hydroxyl groups is 1. The third-order valence-electron chi connectivity index (χ3n) is 4.93. The number of nitrogens with zero attached hydrogens (tertiary/aromatic N) is 3. The number of hydrogen-bond acceptors (Lipinski definition) is 3. The maximum Gasteiger partial charge on any atom is 0.115 e. The molecular formula is C24H15Br2N3O. The minimum atomic E-state index is 0.212. The monoisotopic (exact) mass is 519 g/mol. The normalized spacial score (nSPS) is 11.7. The van der Waals surface area contributed by atoms with E-state index in [2.05, 4.69) is 83.1 Å². The van der Waals surface area contributed by atoms with E-state index in [1.807, 2.05) is 24.3 Å². The highest BCUT2D eigenvalue weighted by Gasteiger charge is 2.13. The molecule has 0 unspecified atom stereocenters. The molecule has 1 heterocycles. The molecule has 0 fully saturated rings.